The molecular formula is C28H36N2O7. The standard InChI is InChI=1S/C28H36N2O7/c1-18(2)23(30-27(34)36-17-20-10-8-7-9-11-20)24(31)29-22(26(33)35-6)16-19-12-14-21(15-13-19)25(32)37-28(3,4)5/h7-15,18,22-23H,16-17H2,1-6H3,(H,29,31)(H,30,34)/t22-,23+/m0/s1. The Morgan fingerprint density at radius 3 is 2.03 bits per heavy atom. The summed E-state index contributed by atoms with van der Waals surface area (Å²) in [6, 6.07) is 13.8. The van der Waals surface area contributed by atoms with Crippen LogP contribution in [0.2, 0.25) is 0 Å². The van der Waals surface area contributed by atoms with Crippen molar-refractivity contribution in [1.29, 1.82) is 0 Å². The van der Waals surface area contributed by atoms with Gasteiger partial charge in [-0.2, -0.15) is 0 Å². The van der Waals surface area contributed by atoms with E-state index in [1.165, 1.54) is 7.11 Å². The summed E-state index contributed by atoms with van der Waals surface area (Å²) in [5, 5.41) is 5.24. The summed E-state index contributed by atoms with van der Waals surface area (Å²) in [5.74, 6) is -1.93. The van der Waals surface area contributed by atoms with E-state index >= 15 is 0 Å². The van der Waals surface area contributed by atoms with Crippen LogP contribution in [0.1, 0.15) is 56.1 Å². The summed E-state index contributed by atoms with van der Waals surface area (Å²) in [6.07, 6.45) is -0.624. The van der Waals surface area contributed by atoms with Gasteiger partial charge in [0, 0.05) is 6.42 Å². The van der Waals surface area contributed by atoms with E-state index in [1.807, 2.05) is 30.3 Å². The number of rotatable bonds is 10. The average Bonchev–Trinajstić information content (AvgIpc) is 2.84. The highest BCUT2D eigenvalue weighted by Gasteiger charge is 2.30. The maximum absolute atomic E-state index is 13.0. The Kier molecular flexibility index (Phi) is 10.7. The molecule has 0 heterocycles. The number of nitrogens with one attached hydrogen (secondary N) is 2. The second-order valence-electron chi connectivity index (χ2n) is 9.92. The highest BCUT2D eigenvalue weighted by atomic mass is 16.6. The van der Waals surface area contributed by atoms with E-state index in [4.69, 9.17) is 14.2 Å². The van der Waals surface area contributed by atoms with Gasteiger partial charge in [0.1, 0.15) is 24.3 Å². The quantitative estimate of drug-likeness (QED) is 0.367. The van der Waals surface area contributed by atoms with E-state index in [9.17, 15) is 19.2 Å². The molecule has 0 aromatic heterocycles. The van der Waals surface area contributed by atoms with Crippen molar-refractivity contribution in [3.8, 4) is 0 Å². The minimum Gasteiger partial charge on any atom is -0.467 e. The molecule has 2 atom stereocenters. The van der Waals surface area contributed by atoms with Gasteiger partial charge in [-0.1, -0.05) is 56.3 Å². The van der Waals surface area contributed by atoms with Gasteiger partial charge in [0.05, 0.1) is 12.7 Å². The highest BCUT2D eigenvalue weighted by Crippen LogP contribution is 2.14. The molecule has 0 radical (unpaired) electrons. The third-order valence-electron chi connectivity index (χ3n) is 5.27. The van der Waals surface area contributed by atoms with Crippen molar-refractivity contribution in [2.45, 2.75) is 65.3 Å². The van der Waals surface area contributed by atoms with Crippen LogP contribution in [0.3, 0.4) is 0 Å². The summed E-state index contributed by atoms with van der Waals surface area (Å²) >= 11 is 0. The van der Waals surface area contributed by atoms with E-state index in [-0.39, 0.29) is 18.9 Å². The third kappa shape index (κ3) is 9.95. The molecule has 0 bridgehead atoms. The van der Waals surface area contributed by atoms with Crippen LogP contribution in [0, 0.1) is 5.92 Å². The molecule has 9 nitrogen and oxygen atoms in total. The Balaban J connectivity index is 2.04. The van der Waals surface area contributed by atoms with E-state index in [0.29, 0.717) is 11.1 Å². The first-order valence-corrected chi connectivity index (χ1v) is 12.1. The summed E-state index contributed by atoms with van der Waals surface area (Å²) in [4.78, 5) is 50.1. The molecule has 200 valence electrons. The Morgan fingerprint density at radius 2 is 1.49 bits per heavy atom. The molecule has 2 amide bonds. The zero-order valence-corrected chi connectivity index (χ0v) is 22.2. The lowest BCUT2D eigenvalue weighted by atomic mass is 10.0. The molecule has 2 N–H and O–H groups in total. The van der Waals surface area contributed by atoms with Gasteiger partial charge in [-0.3, -0.25) is 4.79 Å². The largest absolute Gasteiger partial charge is 0.467 e. The molecular weight excluding hydrogens is 476 g/mol. The van der Waals surface area contributed by atoms with Crippen molar-refractivity contribution < 1.29 is 33.4 Å². The molecule has 2 aromatic carbocycles. The number of carbonyl (C=O) groups excluding carboxylic acids is 4. The van der Waals surface area contributed by atoms with Crippen molar-refractivity contribution in [1.82, 2.24) is 10.6 Å². The number of hydrogen-bond donors (Lipinski definition) is 2. The second kappa shape index (κ2) is 13.4. The number of carbonyl (C=O) groups is 4. The van der Waals surface area contributed by atoms with Crippen molar-refractivity contribution in [3.63, 3.8) is 0 Å². The fourth-order valence-electron chi connectivity index (χ4n) is 3.37. The average molecular weight is 513 g/mol. The monoisotopic (exact) mass is 512 g/mol. The van der Waals surface area contributed by atoms with E-state index in [2.05, 4.69) is 10.6 Å². The summed E-state index contributed by atoms with van der Waals surface area (Å²) in [5.41, 5.74) is 1.26. The van der Waals surface area contributed by atoms with Crippen molar-refractivity contribution >= 4 is 23.9 Å². The zero-order chi connectivity index (χ0) is 27.6. The first-order chi connectivity index (χ1) is 17.4. The molecule has 0 fully saturated rings. The maximum Gasteiger partial charge on any atom is 0.408 e. The van der Waals surface area contributed by atoms with Gasteiger partial charge in [0.15, 0.2) is 0 Å². The maximum atomic E-state index is 13.0. The fraction of sp³-hybridized carbons (Fsp3) is 0.429. The predicted octanol–water partition coefficient (Wildman–Crippen LogP) is 3.79. The molecule has 2 rings (SSSR count). The molecule has 0 aliphatic heterocycles. The van der Waals surface area contributed by atoms with Crippen molar-refractivity contribution in [3.05, 3.63) is 71.3 Å². The number of methoxy groups -OCH3 is 1. The van der Waals surface area contributed by atoms with Crippen LogP contribution in [0.15, 0.2) is 54.6 Å². The van der Waals surface area contributed by atoms with E-state index in [1.54, 1.807) is 58.9 Å². The Morgan fingerprint density at radius 1 is 0.865 bits per heavy atom. The number of ether oxygens (including phenoxy) is 3. The lowest BCUT2D eigenvalue weighted by Crippen LogP contribution is -2.54. The molecule has 9 heteroatoms. The smallest absolute Gasteiger partial charge is 0.408 e. The molecule has 0 saturated heterocycles. The molecule has 0 saturated carbocycles. The van der Waals surface area contributed by atoms with Crippen LogP contribution in [-0.2, 0) is 36.8 Å². The molecule has 0 aliphatic rings. The Bertz CT molecular complexity index is 1060. The number of hydrogen-bond acceptors (Lipinski definition) is 7. The highest BCUT2D eigenvalue weighted by molar-refractivity contribution is 5.90. The van der Waals surface area contributed by atoms with Crippen LogP contribution >= 0.6 is 0 Å². The van der Waals surface area contributed by atoms with Crippen LogP contribution in [-0.4, -0.2) is 48.7 Å². The van der Waals surface area contributed by atoms with Gasteiger partial charge >= 0.3 is 18.0 Å². The summed E-state index contributed by atoms with van der Waals surface area (Å²) < 4.78 is 15.5. The van der Waals surface area contributed by atoms with E-state index < -0.39 is 41.6 Å². The van der Waals surface area contributed by atoms with Gasteiger partial charge in [-0.15, -0.1) is 0 Å². The Hall–Kier alpha value is -3.88. The summed E-state index contributed by atoms with van der Waals surface area (Å²) in [7, 11) is 1.23. The molecule has 37 heavy (non-hydrogen) atoms. The van der Waals surface area contributed by atoms with Crippen LogP contribution in [0.25, 0.3) is 0 Å². The first kappa shape index (κ1) is 29.4. The molecule has 2 aromatic rings. The minimum atomic E-state index is -1.01. The zero-order valence-electron chi connectivity index (χ0n) is 22.2. The van der Waals surface area contributed by atoms with Gasteiger partial charge in [0.25, 0.3) is 0 Å². The molecule has 0 aliphatic carbocycles. The van der Waals surface area contributed by atoms with Gasteiger partial charge in [-0.25, -0.2) is 14.4 Å². The van der Waals surface area contributed by atoms with Gasteiger partial charge in [-0.05, 0) is 49.9 Å². The third-order valence-corrected chi connectivity index (χ3v) is 5.27. The fourth-order valence-corrected chi connectivity index (χ4v) is 3.37. The summed E-state index contributed by atoms with van der Waals surface area (Å²) in [6.45, 7) is 8.94. The lowest BCUT2D eigenvalue weighted by Gasteiger charge is -2.24. The SMILES string of the molecule is COC(=O)[C@H](Cc1ccc(C(=O)OC(C)(C)C)cc1)NC(=O)[C@H](NC(=O)OCc1ccccc1)C(C)C. The molecule has 0 unspecified atom stereocenters. The topological polar surface area (TPSA) is 120 Å². The van der Waals surface area contributed by atoms with Gasteiger partial charge < -0.3 is 24.8 Å². The second-order valence-corrected chi connectivity index (χ2v) is 9.92. The predicted molar refractivity (Wildman–Crippen MR) is 138 cm³/mol. The van der Waals surface area contributed by atoms with Crippen LogP contribution < -0.4 is 10.6 Å². The molecule has 0 spiro atoms. The minimum absolute atomic E-state index is 0.0587. The number of esters is 2. The normalized spacial score (nSPS) is 12.7. The number of alkyl carbamates (subject to hydrolysis) is 1. The van der Waals surface area contributed by atoms with Crippen LogP contribution in [0.5, 0.6) is 0 Å². The number of benzene rings is 2. The van der Waals surface area contributed by atoms with E-state index in [0.717, 1.165) is 5.56 Å². The van der Waals surface area contributed by atoms with Crippen molar-refractivity contribution in [2.24, 2.45) is 5.92 Å². The van der Waals surface area contributed by atoms with Gasteiger partial charge in [0.2, 0.25) is 5.91 Å². The van der Waals surface area contributed by atoms with Crippen molar-refractivity contribution in [2.75, 3.05) is 7.11 Å². The number of amides is 2. The van der Waals surface area contributed by atoms with Crippen LogP contribution in [0.4, 0.5) is 4.79 Å². The first-order valence-electron chi connectivity index (χ1n) is 12.1. The Labute approximate surface area is 217 Å². The lowest BCUT2D eigenvalue weighted by molar-refractivity contribution is -0.145.